The van der Waals surface area contributed by atoms with E-state index in [0.717, 1.165) is 34.9 Å². The Bertz CT molecular complexity index is 1290. The van der Waals surface area contributed by atoms with Gasteiger partial charge in [-0.2, -0.15) is 0 Å². The van der Waals surface area contributed by atoms with Gasteiger partial charge in [-0.15, -0.1) is 6.42 Å². The molecule has 0 bridgehead atoms. The molecule has 0 aliphatic heterocycles. The zero-order chi connectivity index (χ0) is 25.2. The van der Waals surface area contributed by atoms with Crippen LogP contribution in [-0.2, 0) is 4.79 Å². The summed E-state index contributed by atoms with van der Waals surface area (Å²) in [5.41, 5.74) is 5.22. The summed E-state index contributed by atoms with van der Waals surface area (Å²) < 4.78 is 0. The van der Waals surface area contributed by atoms with Gasteiger partial charge in [-0.25, -0.2) is 0 Å². The molecule has 4 aromatic carbocycles. The molecule has 0 saturated heterocycles. The fraction of sp³-hybridized carbons (Fsp3) is 0.0606. The number of ketones is 1. The van der Waals surface area contributed by atoms with Crippen molar-refractivity contribution in [2.75, 3.05) is 9.80 Å². The molecule has 0 amide bonds. The number of para-hydroxylation sites is 4. The lowest BCUT2D eigenvalue weighted by molar-refractivity contribution is -0.110. The molecular weight excluding hydrogens is 440 g/mol. The summed E-state index contributed by atoms with van der Waals surface area (Å²) in [5, 5.41) is 0. The molecule has 0 radical (unpaired) electrons. The van der Waals surface area contributed by atoms with Crippen LogP contribution in [0.2, 0.25) is 0 Å². The molecule has 4 rings (SSSR count). The van der Waals surface area contributed by atoms with Crippen LogP contribution in [0.5, 0.6) is 0 Å². The fourth-order valence-corrected chi connectivity index (χ4v) is 4.07. The number of Topliss-reactive ketones (excluding diaryl/α,β-unsaturated/α-hetero) is 1. The van der Waals surface area contributed by atoms with Gasteiger partial charge < -0.3 is 9.80 Å². The maximum Gasteiger partial charge on any atom is 0.252 e. The van der Waals surface area contributed by atoms with Crippen molar-refractivity contribution in [3.05, 3.63) is 145 Å². The van der Waals surface area contributed by atoms with E-state index in [-0.39, 0.29) is 5.78 Å². The standard InChI is InChI=1S/C33H28N2O/c1-3-27(34(28-17-9-5-10-18-28)29-19-11-6-12-20-29)25-26-32(33(36)4-2)35(30-21-13-7-14-22-30)31-23-15-8-16-24-31/h2,5-26H,3H2,1H3/b27-25+,32-26+. The molecule has 0 N–H and O–H groups in total. The van der Waals surface area contributed by atoms with E-state index in [9.17, 15) is 4.79 Å². The highest BCUT2D eigenvalue weighted by atomic mass is 16.1. The minimum Gasteiger partial charge on any atom is -0.314 e. The van der Waals surface area contributed by atoms with Gasteiger partial charge in [-0.05, 0) is 73.0 Å². The number of terminal acetylenes is 1. The second-order valence-electron chi connectivity index (χ2n) is 8.05. The van der Waals surface area contributed by atoms with Crippen LogP contribution in [0.25, 0.3) is 0 Å². The summed E-state index contributed by atoms with van der Waals surface area (Å²) in [6, 6.07) is 40.0. The first kappa shape index (κ1) is 24.3. The summed E-state index contributed by atoms with van der Waals surface area (Å²) in [6.07, 6.45) is 10.2. The summed E-state index contributed by atoms with van der Waals surface area (Å²) in [6.45, 7) is 2.10. The Labute approximate surface area is 213 Å². The zero-order valence-corrected chi connectivity index (χ0v) is 20.3. The first-order chi connectivity index (χ1) is 17.7. The van der Waals surface area contributed by atoms with E-state index in [1.807, 2.05) is 114 Å². The summed E-state index contributed by atoms with van der Waals surface area (Å²) in [7, 11) is 0. The molecule has 0 aliphatic rings. The summed E-state index contributed by atoms with van der Waals surface area (Å²) in [4.78, 5) is 17.2. The van der Waals surface area contributed by atoms with Crippen LogP contribution in [0.15, 0.2) is 145 Å². The topological polar surface area (TPSA) is 23.6 Å². The largest absolute Gasteiger partial charge is 0.314 e. The Kier molecular flexibility index (Phi) is 8.14. The lowest BCUT2D eigenvalue weighted by Crippen LogP contribution is -2.22. The van der Waals surface area contributed by atoms with E-state index < -0.39 is 0 Å². The molecule has 0 fully saturated rings. The van der Waals surface area contributed by atoms with E-state index in [0.29, 0.717) is 5.70 Å². The number of carbonyl (C=O) groups excluding carboxylic acids is 1. The molecule has 3 heteroatoms. The molecule has 36 heavy (non-hydrogen) atoms. The number of anilines is 4. The fourth-order valence-electron chi connectivity index (χ4n) is 4.07. The number of carbonyl (C=O) groups is 1. The highest BCUT2D eigenvalue weighted by molar-refractivity contribution is 6.12. The predicted octanol–water partition coefficient (Wildman–Crippen LogP) is 8.04. The number of rotatable bonds is 9. The highest BCUT2D eigenvalue weighted by Gasteiger charge is 2.20. The van der Waals surface area contributed by atoms with Crippen LogP contribution in [0.3, 0.4) is 0 Å². The molecule has 4 aromatic rings. The maximum atomic E-state index is 13.1. The third-order valence-electron chi connectivity index (χ3n) is 5.75. The van der Waals surface area contributed by atoms with Crippen LogP contribution in [0.1, 0.15) is 13.3 Å². The Morgan fingerprint density at radius 2 is 1.00 bits per heavy atom. The lowest BCUT2D eigenvalue weighted by atomic mass is 10.1. The molecule has 0 atom stereocenters. The number of hydrogen-bond acceptors (Lipinski definition) is 3. The van der Waals surface area contributed by atoms with Gasteiger partial charge in [0.1, 0.15) is 5.70 Å². The summed E-state index contributed by atoms with van der Waals surface area (Å²) in [5.74, 6) is 1.94. The Balaban J connectivity index is 1.87. The third-order valence-corrected chi connectivity index (χ3v) is 5.75. The molecule has 0 saturated carbocycles. The van der Waals surface area contributed by atoms with Crippen molar-refractivity contribution < 1.29 is 4.79 Å². The molecule has 0 unspecified atom stereocenters. The van der Waals surface area contributed by atoms with E-state index in [1.54, 1.807) is 0 Å². The van der Waals surface area contributed by atoms with Crippen LogP contribution in [0.4, 0.5) is 22.7 Å². The molecular formula is C33H28N2O. The van der Waals surface area contributed by atoms with Crippen LogP contribution >= 0.6 is 0 Å². The maximum absolute atomic E-state index is 13.1. The van der Waals surface area contributed by atoms with Gasteiger partial charge in [0.15, 0.2) is 0 Å². The number of hydrogen-bond donors (Lipinski definition) is 0. The Hall–Kier alpha value is -4.81. The van der Waals surface area contributed by atoms with E-state index in [4.69, 9.17) is 6.42 Å². The second kappa shape index (κ2) is 12.1. The van der Waals surface area contributed by atoms with Gasteiger partial charge >= 0.3 is 0 Å². The third kappa shape index (κ3) is 5.63. The van der Waals surface area contributed by atoms with Crippen molar-refractivity contribution in [3.8, 4) is 12.3 Å². The normalized spacial score (nSPS) is 11.4. The van der Waals surface area contributed by atoms with Crippen molar-refractivity contribution in [1.29, 1.82) is 0 Å². The Morgan fingerprint density at radius 1 is 0.639 bits per heavy atom. The second-order valence-corrected chi connectivity index (χ2v) is 8.05. The molecule has 3 nitrogen and oxygen atoms in total. The molecule has 0 aromatic heterocycles. The summed E-state index contributed by atoms with van der Waals surface area (Å²) >= 11 is 0. The molecule has 176 valence electrons. The van der Waals surface area contributed by atoms with E-state index in [1.165, 1.54) is 0 Å². The lowest BCUT2D eigenvalue weighted by Gasteiger charge is -2.28. The van der Waals surface area contributed by atoms with E-state index in [2.05, 4.69) is 42.0 Å². The van der Waals surface area contributed by atoms with Crippen LogP contribution < -0.4 is 9.80 Å². The average Bonchev–Trinajstić information content (AvgIpc) is 2.96. The van der Waals surface area contributed by atoms with Gasteiger partial charge in [0.25, 0.3) is 5.78 Å². The molecule has 0 aliphatic carbocycles. The van der Waals surface area contributed by atoms with Gasteiger partial charge in [-0.3, -0.25) is 4.79 Å². The number of benzene rings is 4. The first-order valence-electron chi connectivity index (χ1n) is 11.9. The minimum atomic E-state index is -0.389. The molecule has 0 spiro atoms. The number of nitrogens with zero attached hydrogens (tertiary/aromatic N) is 2. The zero-order valence-electron chi connectivity index (χ0n) is 20.3. The van der Waals surface area contributed by atoms with Crippen LogP contribution in [-0.4, -0.2) is 5.78 Å². The smallest absolute Gasteiger partial charge is 0.252 e. The van der Waals surface area contributed by atoms with E-state index >= 15 is 0 Å². The minimum absolute atomic E-state index is 0.389. The van der Waals surface area contributed by atoms with Gasteiger partial charge in [0.05, 0.1) is 0 Å². The van der Waals surface area contributed by atoms with Crippen LogP contribution in [0, 0.1) is 12.3 Å². The molecule has 0 heterocycles. The first-order valence-corrected chi connectivity index (χ1v) is 11.9. The quantitative estimate of drug-likeness (QED) is 0.107. The average molecular weight is 469 g/mol. The van der Waals surface area contributed by atoms with Crippen molar-refractivity contribution in [1.82, 2.24) is 0 Å². The van der Waals surface area contributed by atoms with Crippen molar-refractivity contribution >= 4 is 28.5 Å². The van der Waals surface area contributed by atoms with Gasteiger partial charge in [0.2, 0.25) is 0 Å². The monoisotopic (exact) mass is 468 g/mol. The highest BCUT2D eigenvalue weighted by Crippen LogP contribution is 2.33. The number of allylic oxidation sites excluding steroid dienone is 4. The Morgan fingerprint density at radius 3 is 1.33 bits per heavy atom. The SMILES string of the molecule is C#CC(=O)/C(=C\C=C(/CC)N(c1ccccc1)c1ccccc1)N(c1ccccc1)c1ccccc1. The van der Waals surface area contributed by atoms with Crippen molar-refractivity contribution in [2.24, 2.45) is 0 Å². The van der Waals surface area contributed by atoms with Gasteiger partial charge in [0, 0.05) is 28.4 Å². The van der Waals surface area contributed by atoms with Crippen molar-refractivity contribution in [2.45, 2.75) is 13.3 Å². The predicted molar refractivity (Wildman–Crippen MR) is 150 cm³/mol. The van der Waals surface area contributed by atoms with Crippen molar-refractivity contribution in [3.63, 3.8) is 0 Å². The van der Waals surface area contributed by atoms with Gasteiger partial charge in [-0.1, -0.05) is 79.7 Å².